The maximum Gasteiger partial charge on any atom is 0.125 e. The Balaban J connectivity index is 2.80. The van der Waals surface area contributed by atoms with E-state index in [0.717, 1.165) is 12.8 Å². The molecule has 4 heteroatoms. The van der Waals surface area contributed by atoms with Gasteiger partial charge in [-0.15, -0.1) is 0 Å². The van der Waals surface area contributed by atoms with Crippen molar-refractivity contribution in [2.24, 2.45) is 5.92 Å². The van der Waals surface area contributed by atoms with Crippen LogP contribution in [-0.2, 0) is 10.8 Å². The van der Waals surface area contributed by atoms with Gasteiger partial charge in [0, 0.05) is 5.75 Å². The molecule has 0 aromatic heterocycles. The van der Waals surface area contributed by atoms with Gasteiger partial charge in [0.05, 0.1) is 21.4 Å². The lowest BCUT2D eigenvalue weighted by Crippen LogP contribution is -2.11. The zero-order valence-electron chi connectivity index (χ0n) is 9.70. The third-order valence-corrected chi connectivity index (χ3v) is 4.40. The minimum Gasteiger partial charge on any atom is -0.398 e. The first-order chi connectivity index (χ1) is 7.58. The quantitative estimate of drug-likeness (QED) is 0.808. The molecular formula is C12H18FNOS. The van der Waals surface area contributed by atoms with E-state index in [4.69, 9.17) is 5.73 Å². The summed E-state index contributed by atoms with van der Waals surface area (Å²) in [6.07, 6.45) is 2.01. The van der Waals surface area contributed by atoms with Crippen molar-refractivity contribution in [3.63, 3.8) is 0 Å². The van der Waals surface area contributed by atoms with Gasteiger partial charge in [0.15, 0.2) is 0 Å². The first-order valence-corrected chi connectivity index (χ1v) is 6.83. The van der Waals surface area contributed by atoms with Gasteiger partial charge in [-0.2, -0.15) is 0 Å². The number of hydrogen-bond acceptors (Lipinski definition) is 2. The molecule has 0 saturated carbocycles. The number of benzene rings is 1. The Labute approximate surface area is 98.5 Å². The monoisotopic (exact) mass is 243 g/mol. The molecule has 2 nitrogen and oxygen atoms in total. The summed E-state index contributed by atoms with van der Waals surface area (Å²) in [6.45, 7) is 4.17. The van der Waals surface area contributed by atoms with E-state index >= 15 is 0 Å². The zero-order valence-corrected chi connectivity index (χ0v) is 10.5. The standard InChI is InChI=1S/C12H18FNOS/c1-3-9(4-2)8-16(15)12-6-5-10(13)7-11(12)14/h5-7,9H,3-4,8,14H2,1-2H3. The maximum atomic E-state index is 12.8. The third kappa shape index (κ3) is 3.30. The molecule has 0 amide bonds. The van der Waals surface area contributed by atoms with Crippen LogP contribution in [0.1, 0.15) is 26.7 Å². The summed E-state index contributed by atoms with van der Waals surface area (Å²) in [6, 6.07) is 4.04. The van der Waals surface area contributed by atoms with E-state index in [1.54, 1.807) is 0 Å². The van der Waals surface area contributed by atoms with Crippen LogP contribution in [0.5, 0.6) is 0 Å². The molecule has 1 unspecified atom stereocenters. The Morgan fingerprint density at radius 3 is 2.50 bits per heavy atom. The Kier molecular flexibility index (Phi) is 4.93. The highest BCUT2D eigenvalue weighted by Crippen LogP contribution is 2.20. The Morgan fingerprint density at radius 2 is 2.00 bits per heavy atom. The molecule has 0 aliphatic heterocycles. The number of rotatable bonds is 5. The van der Waals surface area contributed by atoms with E-state index in [1.165, 1.54) is 18.2 Å². The summed E-state index contributed by atoms with van der Waals surface area (Å²) in [4.78, 5) is 0.549. The number of halogens is 1. The summed E-state index contributed by atoms with van der Waals surface area (Å²) in [7, 11) is -1.12. The van der Waals surface area contributed by atoms with Crippen LogP contribution in [-0.4, -0.2) is 9.96 Å². The lowest BCUT2D eigenvalue weighted by molar-refractivity contribution is 0.544. The lowest BCUT2D eigenvalue weighted by atomic mass is 10.1. The molecule has 16 heavy (non-hydrogen) atoms. The molecule has 0 heterocycles. The normalized spacial score (nSPS) is 13.0. The highest BCUT2D eigenvalue weighted by Gasteiger charge is 2.13. The second-order valence-electron chi connectivity index (χ2n) is 3.88. The van der Waals surface area contributed by atoms with Crippen LogP contribution in [0.25, 0.3) is 0 Å². The lowest BCUT2D eigenvalue weighted by Gasteiger charge is -2.12. The van der Waals surface area contributed by atoms with Crippen molar-refractivity contribution >= 4 is 16.5 Å². The molecule has 2 N–H and O–H groups in total. The summed E-state index contributed by atoms with van der Waals surface area (Å²) in [5.74, 6) is 0.647. The molecule has 90 valence electrons. The highest BCUT2D eigenvalue weighted by molar-refractivity contribution is 7.85. The topological polar surface area (TPSA) is 43.1 Å². The van der Waals surface area contributed by atoms with E-state index in [9.17, 15) is 8.60 Å². The second-order valence-corrected chi connectivity index (χ2v) is 5.34. The van der Waals surface area contributed by atoms with Crippen LogP contribution in [0.15, 0.2) is 23.1 Å². The largest absolute Gasteiger partial charge is 0.398 e. The van der Waals surface area contributed by atoms with Gasteiger partial charge in [-0.1, -0.05) is 26.7 Å². The summed E-state index contributed by atoms with van der Waals surface area (Å²) in [5, 5.41) is 0. The molecule has 0 spiro atoms. The van der Waals surface area contributed by atoms with Crippen molar-refractivity contribution in [3.05, 3.63) is 24.0 Å². The highest BCUT2D eigenvalue weighted by atomic mass is 32.2. The van der Waals surface area contributed by atoms with Gasteiger partial charge in [-0.25, -0.2) is 4.39 Å². The molecule has 1 aromatic carbocycles. The number of nitrogens with two attached hydrogens (primary N) is 1. The van der Waals surface area contributed by atoms with Crippen LogP contribution in [0, 0.1) is 11.7 Å². The average molecular weight is 243 g/mol. The number of nitrogen functional groups attached to an aromatic ring is 1. The molecule has 0 aliphatic rings. The average Bonchev–Trinajstić information content (AvgIpc) is 2.25. The zero-order chi connectivity index (χ0) is 12.1. The fourth-order valence-corrected chi connectivity index (χ4v) is 3.18. The fourth-order valence-electron chi connectivity index (χ4n) is 1.55. The van der Waals surface area contributed by atoms with Crippen LogP contribution < -0.4 is 5.73 Å². The van der Waals surface area contributed by atoms with E-state index in [2.05, 4.69) is 13.8 Å². The molecule has 0 aliphatic carbocycles. The third-order valence-electron chi connectivity index (χ3n) is 2.76. The predicted octanol–water partition coefficient (Wildman–Crippen LogP) is 2.95. The maximum absolute atomic E-state index is 12.8. The Bertz CT molecular complexity index is 377. The van der Waals surface area contributed by atoms with E-state index in [1.807, 2.05) is 0 Å². The van der Waals surface area contributed by atoms with Crippen LogP contribution in [0.2, 0.25) is 0 Å². The minimum absolute atomic E-state index is 0.282. The smallest absolute Gasteiger partial charge is 0.125 e. The van der Waals surface area contributed by atoms with Crippen LogP contribution >= 0.6 is 0 Å². The Morgan fingerprint density at radius 1 is 1.38 bits per heavy atom. The van der Waals surface area contributed by atoms with E-state index < -0.39 is 10.8 Å². The first kappa shape index (κ1) is 13.2. The van der Waals surface area contributed by atoms with Crippen LogP contribution in [0.3, 0.4) is 0 Å². The molecule has 0 fully saturated rings. The van der Waals surface area contributed by atoms with Gasteiger partial charge in [-0.05, 0) is 24.1 Å². The molecule has 0 bridgehead atoms. The van der Waals surface area contributed by atoms with Gasteiger partial charge in [0.1, 0.15) is 5.82 Å². The van der Waals surface area contributed by atoms with Crippen molar-refractivity contribution in [1.29, 1.82) is 0 Å². The SMILES string of the molecule is CCC(CC)CS(=O)c1ccc(F)cc1N. The minimum atomic E-state index is -1.12. The Hall–Kier alpha value is -0.900. The van der Waals surface area contributed by atoms with E-state index in [0.29, 0.717) is 16.6 Å². The predicted molar refractivity (Wildman–Crippen MR) is 66.2 cm³/mol. The molecule has 1 rings (SSSR count). The van der Waals surface area contributed by atoms with Crippen molar-refractivity contribution in [2.45, 2.75) is 31.6 Å². The molecule has 0 saturated heterocycles. The van der Waals surface area contributed by atoms with Gasteiger partial charge < -0.3 is 5.73 Å². The molecule has 1 atom stereocenters. The summed E-state index contributed by atoms with van der Waals surface area (Å²) in [5.41, 5.74) is 5.93. The fraction of sp³-hybridized carbons (Fsp3) is 0.500. The second kappa shape index (κ2) is 5.99. The summed E-state index contributed by atoms with van der Waals surface area (Å²) >= 11 is 0. The van der Waals surface area contributed by atoms with Crippen molar-refractivity contribution in [3.8, 4) is 0 Å². The molecular weight excluding hydrogens is 225 g/mol. The van der Waals surface area contributed by atoms with Crippen LogP contribution in [0.4, 0.5) is 10.1 Å². The first-order valence-electron chi connectivity index (χ1n) is 5.51. The summed E-state index contributed by atoms with van der Waals surface area (Å²) < 4.78 is 24.8. The van der Waals surface area contributed by atoms with Crippen molar-refractivity contribution in [1.82, 2.24) is 0 Å². The van der Waals surface area contributed by atoms with Crippen molar-refractivity contribution < 1.29 is 8.60 Å². The van der Waals surface area contributed by atoms with E-state index in [-0.39, 0.29) is 11.5 Å². The van der Waals surface area contributed by atoms with Gasteiger partial charge in [-0.3, -0.25) is 4.21 Å². The number of hydrogen-bond donors (Lipinski definition) is 1. The van der Waals surface area contributed by atoms with Gasteiger partial charge >= 0.3 is 0 Å². The number of anilines is 1. The van der Waals surface area contributed by atoms with Crippen molar-refractivity contribution in [2.75, 3.05) is 11.5 Å². The van der Waals surface area contributed by atoms with Gasteiger partial charge in [0.25, 0.3) is 0 Å². The molecule has 0 radical (unpaired) electrons. The molecule has 1 aromatic rings. The van der Waals surface area contributed by atoms with Gasteiger partial charge in [0.2, 0.25) is 0 Å².